The summed E-state index contributed by atoms with van der Waals surface area (Å²) in [5.41, 5.74) is 7.64. The lowest BCUT2D eigenvalue weighted by Crippen LogP contribution is -2.30. The van der Waals surface area contributed by atoms with Crippen molar-refractivity contribution in [1.29, 1.82) is 0 Å². The van der Waals surface area contributed by atoms with Gasteiger partial charge < -0.3 is 15.6 Å². The second-order valence-electron chi connectivity index (χ2n) is 5.37. The van der Waals surface area contributed by atoms with Crippen LogP contribution in [0.2, 0.25) is 0 Å². The van der Waals surface area contributed by atoms with Crippen molar-refractivity contribution < 1.29 is 4.79 Å². The Balaban J connectivity index is 0.00000242. The normalized spacial score (nSPS) is 11.0. The number of amides is 1. The molecule has 0 spiro atoms. The third-order valence-electron chi connectivity index (χ3n) is 3.41. The number of aryl methyl sites for hydroxylation is 1. The van der Waals surface area contributed by atoms with Gasteiger partial charge >= 0.3 is 0 Å². The van der Waals surface area contributed by atoms with Gasteiger partial charge in [0.2, 0.25) is 5.91 Å². The maximum Gasteiger partial charge on any atom is 0.220 e. The first-order valence-electron chi connectivity index (χ1n) is 7.21. The Labute approximate surface area is 149 Å². The van der Waals surface area contributed by atoms with E-state index in [1.54, 1.807) is 12.5 Å². The maximum atomic E-state index is 11.9. The molecule has 1 unspecified atom stereocenters. The highest BCUT2D eigenvalue weighted by atomic mass is 35.5. The van der Waals surface area contributed by atoms with Gasteiger partial charge in [0.25, 0.3) is 0 Å². The van der Waals surface area contributed by atoms with Crippen LogP contribution in [0.5, 0.6) is 0 Å². The molecule has 0 bridgehead atoms. The van der Waals surface area contributed by atoms with Gasteiger partial charge in [-0.1, -0.05) is 25.1 Å². The quantitative estimate of drug-likeness (QED) is 0.747. The van der Waals surface area contributed by atoms with Crippen molar-refractivity contribution >= 4 is 36.4 Å². The minimum absolute atomic E-state index is 0. The van der Waals surface area contributed by atoms with Gasteiger partial charge in [-0.15, -0.1) is 24.8 Å². The topological polar surface area (TPSA) is 72.9 Å². The monoisotopic (exact) mass is 358 g/mol. The molecular weight excluding hydrogens is 335 g/mol. The fourth-order valence-electron chi connectivity index (χ4n) is 2.21. The van der Waals surface area contributed by atoms with Crippen molar-refractivity contribution in [2.45, 2.75) is 26.3 Å². The van der Waals surface area contributed by atoms with Gasteiger partial charge in [0.15, 0.2) is 0 Å². The predicted molar refractivity (Wildman–Crippen MR) is 98.1 cm³/mol. The van der Waals surface area contributed by atoms with Crippen molar-refractivity contribution in [3.63, 3.8) is 0 Å². The fourth-order valence-corrected chi connectivity index (χ4v) is 2.21. The van der Waals surface area contributed by atoms with Crippen LogP contribution in [0.25, 0.3) is 0 Å². The molecule has 0 saturated heterocycles. The zero-order chi connectivity index (χ0) is 15.1. The SMILES string of the molecule is CC(CNC(=O)CCc1ccccc1N)Cn1ccnc1.Cl.Cl. The Morgan fingerprint density at radius 1 is 1.35 bits per heavy atom. The number of nitrogens with zero attached hydrogens (tertiary/aromatic N) is 2. The number of anilines is 1. The molecule has 1 aromatic carbocycles. The number of para-hydroxylation sites is 1. The van der Waals surface area contributed by atoms with Gasteiger partial charge in [-0.05, 0) is 24.0 Å². The molecule has 128 valence electrons. The van der Waals surface area contributed by atoms with Crippen molar-refractivity contribution in [2.24, 2.45) is 5.92 Å². The molecule has 23 heavy (non-hydrogen) atoms. The van der Waals surface area contributed by atoms with Crippen LogP contribution in [-0.2, 0) is 17.8 Å². The summed E-state index contributed by atoms with van der Waals surface area (Å²) in [4.78, 5) is 15.9. The Morgan fingerprint density at radius 3 is 2.74 bits per heavy atom. The molecule has 2 aromatic rings. The zero-order valence-corrected chi connectivity index (χ0v) is 14.8. The van der Waals surface area contributed by atoms with Crippen LogP contribution in [0.15, 0.2) is 43.0 Å². The van der Waals surface area contributed by atoms with E-state index < -0.39 is 0 Å². The third-order valence-corrected chi connectivity index (χ3v) is 3.41. The summed E-state index contributed by atoms with van der Waals surface area (Å²) in [6.45, 7) is 3.63. The molecule has 7 heteroatoms. The van der Waals surface area contributed by atoms with E-state index in [1.165, 1.54) is 0 Å². The fraction of sp³-hybridized carbons (Fsp3) is 0.375. The lowest BCUT2D eigenvalue weighted by molar-refractivity contribution is -0.121. The lowest BCUT2D eigenvalue weighted by atomic mass is 10.1. The Bertz CT molecular complexity index is 575. The largest absolute Gasteiger partial charge is 0.399 e. The Hall–Kier alpha value is -1.72. The molecule has 0 aliphatic heterocycles. The Kier molecular flexibility index (Phi) is 10.1. The Morgan fingerprint density at radius 2 is 2.09 bits per heavy atom. The second kappa shape index (κ2) is 10.9. The van der Waals surface area contributed by atoms with E-state index in [-0.39, 0.29) is 30.7 Å². The molecule has 1 heterocycles. The third kappa shape index (κ3) is 7.39. The molecule has 5 nitrogen and oxygen atoms in total. The summed E-state index contributed by atoms with van der Waals surface area (Å²) in [6, 6.07) is 7.66. The number of halogens is 2. The van der Waals surface area contributed by atoms with Crippen LogP contribution < -0.4 is 11.1 Å². The summed E-state index contributed by atoms with van der Waals surface area (Å²) in [5, 5.41) is 2.97. The molecule has 0 saturated carbocycles. The van der Waals surface area contributed by atoms with Crippen LogP contribution in [0, 0.1) is 5.92 Å². The van der Waals surface area contributed by atoms with E-state index in [4.69, 9.17) is 5.73 Å². The summed E-state index contributed by atoms with van der Waals surface area (Å²) in [5.74, 6) is 0.431. The molecule has 1 aromatic heterocycles. The predicted octanol–water partition coefficient (Wildman–Crippen LogP) is 2.69. The van der Waals surface area contributed by atoms with E-state index in [0.717, 1.165) is 17.8 Å². The van der Waals surface area contributed by atoms with Crippen molar-refractivity contribution in [1.82, 2.24) is 14.9 Å². The molecule has 0 aliphatic carbocycles. The number of carbonyl (C=O) groups excluding carboxylic acids is 1. The standard InChI is InChI=1S/C16H22N4O.2ClH/c1-13(11-20-9-8-18-12-20)10-19-16(21)7-6-14-4-2-3-5-15(14)17;;/h2-5,8-9,12-13H,6-7,10-11,17H2,1H3,(H,19,21);2*1H. The van der Waals surface area contributed by atoms with Crippen LogP contribution in [0.3, 0.4) is 0 Å². The first kappa shape index (κ1) is 21.3. The highest BCUT2D eigenvalue weighted by Gasteiger charge is 2.07. The van der Waals surface area contributed by atoms with Gasteiger partial charge in [-0.25, -0.2) is 4.98 Å². The number of nitrogens with one attached hydrogen (secondary N) is 1. The van der Waals surface area contributed by atoms with Crippen LogP contribution in [0.4, 0.5) is 5.69 Å². The summed E-state index contributed by atoms with van der Waals surface area (Å²) in [7, 11) is 0. The minimum atomic E-state index is 0. The van der Waals surface area contributed by atoms with E-state index in [2.05, 4.69) is 17.2 Å². The number of rotatable bonds is 7. The van der Waals surface area contributed by atoms with Crippen molar-refractivity contribution in [2.75, 3.05) is 12.3 Å². The maximum absolute atomic E-state index is 11.9. The average molecular weight is 359 g/mol. The average Bonchev–Trinajstić information content (AvgIpc) is 2.97. The van der Waals surface area contributed by atoms with Crippen LogP contribution in [-0.4, -0.2) is 22.0 Å². The van der Waals surface area contributed by atoms with Gasteiger partial charge in [0, 0.05) is 37.6 Å². The van der Waals surface area contributed by atoms with Gasteiger partial charge in [0.05, 0.1) is 6.33 Å². The number of aromatic nitrogens is 2. The number of benzene rings is 1. The molecule has 1 amide bonds. The molecule has 2 rings (SSSR count). The zero-order valence-electron chi connectivity index (χ0n) is 13.1. The summed E-state index contributed by atoms with van der Waals surface area (Å²) in [6.07, 6.45) is 6.61. The van der Waals surface area contributed by atoms with Crippen LogP contribution >= 0.6 is 24.8 Å². The van der Waals surface area contributed by atoms with Crippen molar-refractivity contribution in [3.05, 3.63) is 48.5 Å². The van der Waals surface area contributed by atoms with E-state index >= 15 is 0 Å². The number of nitrogen functional groups attached to an aromatic ring is 1. The van der Waals surface area contributed by atoms with E-state index in [9.17, 15) is 4.79 Å². The van der Waals surface area contributed by atoms with Crippen LogP contribution in [0.1, 0.15) is 18.9 Å². The summed E-state index contributed by atoms with van der Waals surface area (Å²) < 4.78 is 2.02. The molecule has 0 fully saturated rings. The molecular formula is C16H24Cl2N4O. The number of carbonyl (C=O) groups is 1. The first-order valence-corrected chi connectivity index (χ1v) is 7.21. The number of hydrogen-bond acceptors (Lipinski definition) is 3. The highest BCUT2D eigenvalue weighted by Crippen LogP contribution is 2.12. The first-order chi connectivity index (χ1) is 10.1. The number of hydrogen-bond donors (Lipinski definition) is 2. The van der Waals surface area contributed by atoms with Crippen molar-refractivity contribution in [3.8, 4) is 0 Å². The van der Waals surface area contributed by atoms with E-state index in [0.29, 0.717) is 25.3 Å². The lowest BCUT2D eigenvalue weighted by Gasteiger charge is -2.13. The van der Waals surface area contributed by atoms with Gasteiger partial charge in [-0.2, -0.15) is 0 Å². The van der Waals surface area contributed by atoms with E-state index in [1.807, 2.05) is 35.0 Å². The minimum Gasteiger partial charge on any atom is -0.399 e. The summed E-state index contributed by atoms with van der Waals surface area (Å²) >= 11 is 0. The molecule has 0 aliphatic rings. The smallest absolute Gasteiger partial charge is 0.220 e. The number of imidazole rings is 1. The molecule has 3 N–H and O–H groups in total. The molecule has 0 radical (unpaired) electrons. The molecule has 1 atom stereocenters. The second-order valence-corrected chi connectivity index (χ2v) is 5.37. The van der Waals surface area contributed by atoms with Gasteiger partial charge in [-0.3, -0.25) is 4.79 Å². The number of nitrogens with two attached hydrogens (primary N) is 1. The van der Waals surface area contributed by atoms with Gasteiger partial charge in [0.1, 0.15) is 0 Å². The highest BCUT2D eigenvalue weighted by molar-refractivity contribution is 5.85.